The maximum atomic E-state index is 11.5. The van der Waals surface area contributed by atoms with Gasteiger partial charge in [0.05, 0.1) is 16.7 Å². The molecule has 0 unspecified atom stereocenters. The lowest BCUT2D eigenvalue weighted by atomic mass is 10.3. The van der Waals surface area contributed by atoms with E-state index >= 15 is 0 Å². The molecule has 0 radical (unpaired) electrons. The first-order chi connectivity index (χ1) is 9.08. The van der Waals surface area contributed by atoms with E-state index in [0.29, 0.717) is 22.5 Å². The van der Waals surface area contributed by atoms with Crippen LogP contribution in [0, 0.1) is 0 Å². The molecular weight excluding hydrogens is 314 g/mol. The van der Waals surface area contributed by atoms with E-state index < -0.39 is 11.2 Å². The third-order valence-corrected chi connectivity index (χ3v) is 3.04. The number of benzene rings is 1. The van der Waals surface area contributed by atoms with Crippen molar-refractivity contribution in [3.63, 3.8) is 0 Å². The van der Waals surface area contributed by atoms with Crippen LogP contribution in [-0.2, 0) is 6.54 Å². The highest BCUT2D eigenvalue weighted by Crippen LogP contribution is 2.19. The summed E-state index contributed by atoms with van der Waals surface area (Å²) in [6.45, 7) is 0.579. The highest BCUT2D eigenvalue weighted by atomic mass is 79.9. The number of hydrogen-bond donors (Lipinski definition) is 2. The van der Waals surface area contributed by atoms with Gasteiger partial charge in [0.1, 0.15) is 12.4 Å². The first-order valence-electron chi connectivity index (χ1n) is 5.54. The first-order valence-corrected chi connectivity index (χ1v) is 6.34. The molecule has 0 atom stereocenters. The molecule has 6 nitrogen and oxygen atoms in total. The summed E-state index contributed by atoms with van der Waals surface area (Å²) in [6, 6.07) is 7.11. The van der Waals surface area contributed by atoms with E-state index in [1.807, 2.05) is 12.1 Å². The van der Waals surface area contributed by atoms with Crippen molar-refractivity contribution in [1.29, 1.82) is 0 Å². The van der Waals surface area contributed by atoms with Crippen LogP contribution in [0.15, 0.2) is 44.5 Å². The molecule has 1 heterocycles. The summed E-state index contributed by atoms with van der Waals surface area (Å²) in [7, 11) is 0. The van der Waals surface area contributed by atoms with Crippen molar-refractivity contribution < 1.29 is 4.74 Å². The van der Waals surface area contributed by atoms with E-state index in [4.69, 9.17) is 10.5 Å². The summed E-state index contributed by atoms with van der Waals surface area (Å²) < 4.78 is 7.12. The number of nitrogens with one attached hydrogen (secondary N) is 1. The standard InChI is InChI=1S/C12H12BrN3O3/c13-8-7-16(12(18)15-11(8)17)5-6-19-10-4-2-1-3-9(10)14/h1-4,7H,5-6,14H2,(H,15,17,18). The predicted octanol–water partition coefficient (Wildman–Crippen LogP) is 0.960. The van der Waals surface area contributed by atoms with Crippen molar-refractivity contribution in [2.75, 3.05) is 12.3 Å². The molecule has 7 heteroatoms. The van der Waals surface area contributed by atoms with Gasteiger partial charge in [0.2, 0.25) is 0 Å². The van der Waals surface area contributed by atoms with E-state index in [1.165, 1.54) is 10.8 Å². The quantitative estimate of drug-likeness (QED) is 0.819. The maximum Gasteiger partial charge on any atom is 0.328 e. The van der Waals surface area contributed by atoms with E-state index in [2.05, 4.69) is 20.9 Å². The number of para-hydroxylation sites is 2. The van der Waals surface area contributed by atoms with Crippen molar-refractivity contribution in [3.8, 4) is 5.75 Å². The van der Waals surface area contributed by atoms with Crippen LogP contribution in [0.4, 0.5) is 5.69 Å². The molecule has 0 amide bonds. The van der Waals surface area contributed by atoms with Crippen LogP contribution in [0.2, 0.25) is 0 Å². The summed E-state index contributed by atoms with van der Waals surface area (Å²) >= 11 is 3.06. The molecule has 0 aliphatic carbocycles. The lowest BCUT2D eigenvalue weighted by Crippen LogP contribution is -2.31. The summed E-state index contributed by atoms with van der Waals surface area (Å²) in [6.07, 6.45) is 1.43. The topological polar surface area (TPSA) is 90.1 Å². The lowest BCUT2D eigenvalue weighted by Gasteiger charge is -2.09. The van der Waals surface area contributed by atoms with Gasteiger partial charge in [-0.25, -0.2) is 4.79 Å². The number of H-pyrrole nitrogens is 1. The number of aromatic nitrogens is 2. The molecule has 0 spiro atoms. The summed E-state index contributed by atoms with van der Waals surface area (Å²) in [5, 5.41) is 0. The first kappa shape index (κ1) is 13.4. The number of nitrogens with two attached hydrogens (primary N) is 1. The SMILES string of the molecule is Nc1ccccc1OCCn1cc(Br)c(=O)[nH]c1=O. The molecule has 0 fully saturated rings. The number of rotatable bonds is 4. The predicted molar refractivity (Wildman–Crippen MR) is 75.4 cm³/mol. The largest absolute Gasteiger partial charge is 0.490 e. The van der Waals surface area contributed by atoms with E-state index in [0.717, 1.165) is 0 Å². The van der Waals surface area contributed by atoms with Crippen molar-refractivity contribution in [2.45, 2.75) is 6.54 Å². The molecule has 0 aliphatic heterocycles. The minimum atomic E-state index is -0.474. The Morgan fingerprint density at radius 1 is 1.32 bits per heavy atom. The van der Waals surface area contributed by atoms with Gasteiger partial charge in [-0.3, -0.25) is 14.3 Å². The molecule has 0 saturated carbocycles. The Balaban J connectivity index is 2.04. The van der Waals surface area contributed by atoms with Crippen LogP contribution in [-0.4, -0.2) is 16.2 Å². The van der Waals surface area contributed by atoms with Crippen LogP contribution < -0.4 is 21.7 Å². The molecule has 1 aromatic carbocycles. The summed E-state index contributed by atoms with van der Waals surface area (Å²) in [5.74, 6) is 0.569. The van der Waals surface area contributed by atoms with Gasteiger partial charge in [-0.15, -0.1) is 0 Å². The smallest absolute Gasteiger partial charge is 0.328 e. The Hall–Kier alpha value is -2.02. The minimum Gasteiger partial charge on any atom is -0.490 e. The number of nitrogen functional groups attached to an aromatic ring is 1. The average Bonchev–Trinajstić information content (AvgIpc) is 2.38. The van der Waals surface area contributed by atoms with Crippen LogP contribution in [0.3, 0.4) is 0 Å². The van der Waals surface area contributed by atoms with Gasteiger partial charge in [0.15, 0.2) is 0 Å². The lowest BCUT2D eigenvalue weighted by molar-refractivity contribution is 0.296. The number of aromatic amines is 1. The number of halogens is 1. The average molecular weight is 326 g/mol. The van der Waals surface area contributed by atoms with Gasteiger partial charge in [0.25, 0.3) is 5.56 Å². The van der Waals surface area contributed by atoms with Gasteiger partial charge < -0.3 is 10.5 Å². The van der Waals surface area contributed by atoms with E-state index in [-0.39, 0.29) is 6.61 Å². The molecule has 2 rings (SSSR count). The normalized spacial score (nSPS) is 10.4. The van der Waals surface area contributed by atoms with Crippen molar-refractivity contribution in [1.82, 2.24) is 9.55 Å². The molecule has 0 saturated heterocycles. The zero-order valence-electron chi connectivity index (χ0n) is 9.93. The fourth-order valence-corrected chi connectivity index (χ4v) is 1.86. The molecule has 0 bridgehead atoms. The van der Waals surface area contributed by atoms with Crippen molar-refractivity contribution in [3.05, 3.63) is 55.8 Å². The number of nitrogens with zero attached hydrogens (tertiary/aromatic N) is 1. The second kappa shape index (κ2) is 5.75. The van der Waals surface area contributed by atoms with Gasteiger partial charge in [0, 0.05) is 6.20 Å². The number of ether oxygens (including phenoxy) is 1. The Kier molecular flexibility index (Phi) is 4.06. The van der Waals surface area contributed by atoms with E-state index in [1.54, 1.807) is 12.1 Å². The van der Waals surface area contributed by atoms with Crippen molar-refractivity contribution >= 4 is 21.6 Å². The second-order valence-corrected chi connectivity index (χ2v) is 4.67. The van der Waals surface area contributed by atoms with Gasteiger partial charge in [-0.05, 0) is 28.1 Å². The number of hydrogen-bond acceptors (Lipinski definition) is 4. The molecule has 1 aromatic heterocycles. The highest BCUT2D eigenvalue weighted by molar-refractivity contribution is 9.10. The third kappa shape index (κ3) is 3.25. The van der Waals surface area contributed by atoms with Crippen molar-refractivity contribution in [2.24, 2.45) is 0 Å². The van der Waals surface area contributed by atoms with Gasteiger partial charge in [-0.1, -0.05) is 12.1 Å². The third-order valence-electron chi connectivity index (χ3n) is 2.48. The zero-order valence-corrected chi connectivity index (χ0v) is 11.5. The fraction of sp³-hybridized carbons (Fsp3) is 0.167. The summed E-state index contributed by atoms with van der Waals surface area (Å²) in [4.78, 5) is 24.9. The Labute approximate surface area is 117 Å². The molecule has 0 aliphatic rings. The van der Waals surface area contributed by atoms with Crippen LogP contribution in [0.25, 0.3) is 0 Å². The molecular formula is C12H12BrN3O3. The summed E-state index contributed by atoms with van der Waals surface area (Å²) in [5.41, 5.74) is 5.34. The maximum absolute atomic E-state index is 11.5. The van der Waals surface area contributed by atoms with E-state index in [9.17, 15) is 9.59 Å². The Bertz CT molecular complexity index is 693. The molecule has 2 aromatic rings. The Morgan fingerprint density at radius 3 is 2.79 bits per heavy atom. The minimum absolute atomic E-state index is 0.270. The fourth-order valence-electron chi connectivity index (χ4n) is 1.51. The molecule has 3 N–H and O–H groups in total. The second-order valence-electron chi connectivity index (χ2n) is 3.82. The van der Waals surface area contributed by atoms with Crippen LogP contribution in [0.5, 0.6) is 5.75 Å². The number of anilines is 1. The van der Waals surface area contributed by atoms with Gasteiger partial charge in [-0.2, -0.15) is 0 Å². The Morgan fingerprint density at radius 2 is 2.05 bits per heavy atom. The van der Waals surface area contributed by atoms with Crippen LogP contribution in [0.1, 0.15) is 0 Å². The highest BCUT2D eigenvalue weighted by Gasteiger charge is 2.03. The zero-order chi connectivity index (χ0) is 13.8. The van der Waals surface area contributed by atoms with Crippen LogP contribution >= 0.6 is 15.9 Å². The van der Waals surface area contributed by atoms with Gasteiger partial charge >= 0.3 is 5.69 Å². The molecule has 100 valence electrons. The monoisotopic (exact) mass is 325 g/mol. The molecule has 19 heavy (non-hydrogen) atoms.